The van der Waals surface area contributed by atoms with Gasteiger partial charge in [0.15, 0.2) is 0 Å². The molecule has 2 rings (SSSR count). The predicted octanol–water partition coefficient (Wildman–Crippen LogP) is 1.76. The highest BCUT2D eigenvalue weighted by Gasteiger charge is 2.12. The Kier molecular flexibility index (Phi) is 4.71. The van der Waals surface area contributed by atoms with Gasteiger partial charge >= 0.3 is 0 Å². The molecule has 0 radical (unpaired) electrons. The molecule has 0 amide bonds. The summed E-state index contributed by atoms with van der Waals surface area (Å²) in [6.45, 7) is 0.374. The molecule has 102 valence electrons. The van der Waals surface area contributed by atoms with Crippen molar-refractivity contribution in [3.05, 3.63) is 52.2 Å². The van der Waals surface area contributed by atoms with Gasteiger partial charge in [-0.05, 0) is 35.6 Å². The number of hydrogen-bond acceptors (Lipinski definition) is 4. The Morgan fingerprint density at radius 3 is 2.58 bits per heavy atom. The van der Waals surface area contributed by atoms with Crippen molar-refractivity contribution >= 4 is 21.4 Å². The molecule has 1 heterocycles. The predicted molar refractivity (Wildman–Crippen MR) is 75.6 cm³/mol. The summed E-state index contributed by atoms with van der Waals surface area (Å²) in [7, 11) is -3.43. The van der Waals surface area contributed by atoms with Crippen molar-refractivity contribution in [3.8, 4) is 0 Å². The van der Waals surface area contributed by atoms with Crippen LogP contribution in [0.15, 0.2) is 46.7 Å². The Bertz CT molecular complexity index is 620. The third kappa shape index (κ3) is 3.87. The SMILES string of the molecule is O=S(=O)(NCCc1csc(CO)c1)c1ccccc1. The second kappa shape index (κ2) is 6.29. The van der Waals surface area contributed by atoms with Gasteiger partial charge in [0.05, 0.1) is 11.5 Å². The average molecular weight is 297 g/mol. The Hall–Kier alpha value is -1.21. The van der Waals surface area contributed by atoms with E-state index in [9.17, 15) is 8.42 Å². The second-order valence-corrected chi connectivity index (χ2v) is 6.80. The number of rotatable bonds is 6. The Morgan fingerprint density at radius 1 is 1.21 bits per heavy atom. The van der Waals surface area contributed by atoms with Crippen LogP contribution in [0.5, 0.6) is 0 Å². The Labute approximate surface area is 116 Å². The van der Waals surface area contributed by atoms with Crippen molar-refractivity contribution in [2.75, 3.05) is 6.54 Å². The molecule has 0 fully saturated rings. The molecule has 0 aliphatic heterocycles. The molecule has 0 aliphatic rings. The van der Waals surface area contributed by atoms with E-state index in [4.69, 9.17) is 5.11 Å². The normalized spacial score (nSPS) is 11.6. The number of aliphatic hydroxyl groups excluding tert-OH is 1. The zero-order valence-corrected chi connectivity index (χ0v) is 11.9. The number of aliphatic hydroxyl groups is 1. The van der Waals surface area contributed by atoms with Gasteiger partial charge in [-0.25, -0.2) is 13.1 Å². The molecular weight excluding hydrogens is 282 g/mol. The molecule has 1 aromatic carbocycles. The lowest BCUT2D eigenvalue weighted by atomic mass is 10.2. The Balaban J connectivity index is 1.92. The second-order valence-electron chi connectivity index (χ2n) is 4.04. The standard InChI is InChI=1S/C13H15NO3S2/c15-9-12-8-11(10-18-12)6-7-14-19(16,17)13-4-2-1-3-5-13/h1-5,8,10,14-15H,6-7,9H2. The van der Waals surface area contributed by atoms with Crippen LogP contribution >= 0.6 is 11.3 Å². The topological polar surface area (TPSA) is 66.4 Å². The maximum Gasteiger partial charge on any atom is 0.240 e. The third-order valence-corrected chi connectivity index (χ3v) is 5.07. The number of thiophene rings is 1. The highest BCUT2D eigenvalue weighted by molar-refractivity contribution is 7.89. The monoisotopic (exact) mass is 297 g/mol. The van der Waals surface area contributed by atoms with Crippen LogP contribution in [0.1, 0.15) is 10.4 Å². The number of sulfonamides is 1. The first-order chi connectivity index (χ1) is 9.12. The molecule has 2 aromatic rings. The van der Waals surface area contributed by atoms with Gasteiger partial charge in [-0.15, -0.1) is 11.3 Å². The molecule has 2 N–H and O–H groups in total. The number of nitrogens with one attached hydrogen (secondary N) is 1. The van der Waals surface area contributed by atoms with Crippen molar-refractivity contribution in [2.24, 2.45) is 0 Å². The molecule has 1 aromatic heterocycles. The van der Waals surface area contributed by atoms with E-state index in [-0.39, 0.29) is 11.5 Å². The summed E-state index contributed by atoms with van der Waals surface area (Å²) >= 11 is 1.48. The van der Waals surface area contributed by atoms with Gasteiger partial charge in [0.2, 0.25) is 10.0 Å². The minimum absolute atomic E-state index is 0.0282. The fraction of sp³-hybridized carbons (Fsp3) is 0.231. The van der Waals surface area contributed by atoms with E-state index in [0.717, 1.165) is 10.4 Å². The summed E-state index contributed by atoms with van der Waals surface area (Å²) in [6, 6.07) is 10.2. The fourth-order valence-electron chi connectivity index (χ4n) is 1.65. The van der Waals surface area contributed by atoms with E-state index in [1.807, 2.05) is 11.4 Å². The van der Waals surface area contributed by atoms with Gasteiger partial charge < -0.3 is 5.11 Å². The van der Waals surface area contributed by atoms with Crippen LogP contribution in [0.4, 0.5) is 0 Å². The minimum Gasteiger partial charge on any atom is -0.391 e. The van der Waals surface area contributed by atoms with Crippen LogP contribution in [-0.4, -0.2) is 20.1 Å². The van der Waals surface area contributed by atoms with E-state index in [1.54, 1.807) is 30.3 Å². The molecule has 0 saturated carbocycles. The third-order valence-electron chi connectivity index (χ3n) is 2.62. The molecule has 19 heavy (non-hydrogen) atoms. The maximum atomic E-state index is 11.9. The number of hydrogen-bond donors (Lipinski definition) is 2. The first-order valence-electron chi connectivity index (χ1n) is 5.84. The van der Waals surface area contributed by atoms with Gasteiger partial charge in [0.1, 0.15) is 0 Å². The van der Waals surface area contributed by atoms with E-state index in [0.29, 0.717) is 13.0 Å². The molecule has 0 aliphatic carbocycles. The van der Waals surface area contributed by atoms with Crippen LogP contribution in [0.2, 0.25) is 0 Å². The lowest BCUT2D eigenvalue weighted by Gasteiger charge is -2.05. The zero-order valence-electron chi connectivity index (χ0n) is 10.2. The summed E-state index contributed by atoms with van der Waals surface area (Å²) in [5.41, 5.74) is 1.03. The van der Waals surface area contributed by atoms with E-state index < -0.39 is 10.0 Å². The highest BCUT2D eigenvalue weighted by atomic mass is 32.2. The maximum absolute atomic E-state index is 11.9. The molecule has 0 atom stereocenters. The van der Waals surface area contributed by atoms with Crippen LogP contribution in [0.25, 0.3) is 0 Å². The smallest absolute Gasteiger partial charge is 0.240 e. The van der Waals surface area contributed by atoms with Gasteiger partial charge in [-0.3, -0.25) is 0 Å². The van der Waals surface area contributed by atoms with Crippen molar-refractivity contribution in [1.82, 2.24) is 4.72 Å². The van der Waals surface area contributed by atoms with Crippen LogP contribution in [0.3, 0.4) is 0 Å². The zero-order chi connectivity index (χ0) is 13.7. The molecular formula is C13H15NO3S2. The van der Waals surface area contributed by atoms with Gasteiger partial charge in [-0.1, -0.05) is 18.2 Å². The van der Waals surface area contributed by atoms with E-state index in [2.05, 4.69) is 4.72 Å². The van der Waals surface area contributed by atoms with E-state index >= 15 is 0 Å². The first-order valence-corrected chi connectivity index (χ1v) is 8.20. The van der Waals surface area contributed by atoms with Gasteiger partial charge in [0, 0.05) is 11.4 Å². The largest absolute Gasteiger partial charge is 0.391 e. The summed E-state index contributed by atoms with van der Waals surface area (Å²) in [5.74, 6) is 0. The summed E-state index contributed by atoms with van der Waals surface area (Å²) in [5, 5.41) is 10.9. The molecule has 0 spiro atoms. The van der Waals surface area contributed by atoms with Crippen molar-refractivity contribution in [2.45, 2.75) is 17.9 Å². The van der Waals surface area contributed by atoms with Crippen LogP contribution < -0.4 is 4.72 Å². The average Bonchev–Trinajstić information content (AvgIpc) is 2.87. The first kappa shape index (κ1) is 14.2. The summed E-state index contributed by atoms with van der Waals surface area (Å²) in [4.78, 5) is 1.16. The van der Waals surface area contributed by atoms with E-state index in [1.165, 1.54) is 11.3 Å². The summed E-state index contributed by atoms with van der Waals surface area (Å²) < 4.78 is 26.4. The molecule has 4 nitrogen and oxygen atoms in total. The molecule has 0 bridgehead atoms. The van der Waals surface area contributed by atoms with Crippen molar-refractivity contribution in [3.63, 3.8) is 0 Å². The van der Waals surface area contributed by atoms with Crippen LogP contribution in [-0.2, 0) is 23.1 Å². The highest BCUT2D eigenvalue weighted by Crippen LogP contribution is 2.15. The summed E-state index contributed by atoms with van der Waals surface area (Å²) in [6.07, 6.45) is 0.614. The molecule has 6 heteroatoms. The Morgan fingerprint density at radius 2 is 1.95 bits per heavy atom. The molecule has 0 unspecified atom stereocenters. The lowest BCUT2D eigenvalue weighted by Crippen LogP contribution is -2.25. The van der Waals surface area contributed by atoms with Crippen molar-refractivity contribution < 1.29 is 13.5 Å². The lowest BCUT2D eigenvalue weighted by molar-refractivity contribution is 0.285. The minimum atomic E-state index is -3.43. The number of benzene rings is 1. The van der Waals surface area contributed by atoms with Gasteiger partial charge in [0.25, 0.3) is 0 Å². The fourth-order valence-corrected chi connectivity index (χ4v) is 3.49. The van der Waals surface area contributed by atoms with Crippen molar-refractivity contribution in [1.29, 1.82) is 0 Å². The van der Waals surface area contributed by atoms with Crippen LogP contribution in [0, 0.1) is 0 Å². The van der Waals surface area contributed by atoms with Gasteiger partial charge in [-0.2, -0.15) is 0 Å². The molecule has 0 saturated heterocycles. The quantitative estimate of drug-likeness (QED) is 0.854.